The Morgan fingerprint density at radius 3 is 2.96 bits per heavy atom. The molecule has 2 heterocycles. The lowest BCUT2D eigenvalue weighted by Gasteiger charge is -2.02. The molecule has 2 aromatic heterocycles. The molecule has 2 N–H and O–H groups in total. The van der Waals surface area contributed by atoms with E-state index < -0.39 is 11.7 Å². The first-order valence-corrected chi connectivity index (χ1v) is 8.81. The molecule has 1 amide bonds. The largest absolute Gasteiger partial charge is 0.309 e. The van der Waals surface area contributed by atoms with Crippen LogP contribution in [0.3, 0.4) is 0 Å². The highest BCUT2D eigenvalue weighted by molar-refractivity contribution is 7.18. The highest BCUT2D eigenvalue weighted by atomic mass is 35.5. The number of amides is 1. The van der Waals surface area contributed by atoms with Crippen LogP contribution in [0, 0.1) is 19.7 Å². The van der Waals surface area contributed by atoms with Crippen molar-refractivity contribution in [2.24, 2.45) is 5.10 Å². The molecule has 0 bridgehead atoms. The average Bonchev–Trinajstić information content (AvgIpc) is 2.85. The van der Waals surface area contributed by atoms with Crippen LogP contribution in [0.2, 0.25) is 5.02 Å². The Morgan fingerprint density at radius 2 is 2.23 bits per heavy atom. The minimum atomic E-state index is -0.546. The summed E-state index contributed by atoms with van der Waals surface area (Å²) in [4.78, 5) is 32.7. The van der Waals surface area contributed by atoms with Crippen molar-refractivity contribution in [3.8, 4) is 0 Å². The van der Waals surface area contributed by atoms with Crippen molar-refractivity contribution in [2.75, 3.05) is 0 Å². The number of nitrogens with zero attached hydrogens (tertiary/aromatic N) is 2. The predicted molar refractivity (Wildman–Crippen MR) is 101 cm³/mol. The molecule has 0 aliphatic rings. The molecule has 6 nitrogen and oxygen atoms in total. The lowest BCUT2D eigenvalue weighted by Crippen LogP contribution is -2.23. The number of carbonyl (C=O) groups excluding carboxylic acids is 1. The maximum absolute atomic E-state index is 13.6. The van der Waals surface area contributed by atoms with Crippen molar-refractivity contribution >= 4 is 45.3 Å². The quantitative estimate of drug-likeness (QED) is 0.528. The van der Waals surface area contributed by atoms with Gasteiger partial charge in [-0.15, -0.1) is 11.3 Å². The fraction of sp³-hybridized carbons (Fsp3) is 0.176. The van der Waals surface area contributed by atoms with E-state index in [4.69, 9.17) is 11.6 Å². The van der Waals surface area contributed by atoms with Gasteiger partial charge in [-0.3, -0.25) is 9.59 Å². The van der Waals surface area contributed by atoms with Gasteiger partial charge < -0.3 is 4.98 Å². The van der Waals surface area contributed by atoms with Crippen LogP contribution in [-0.4, -0.2) is 22.1 Å². The van der Waals surface area contributed by atoms with Crippen molar-refractivity contribution < 1.29 is 9.18 Å². The number of halogens is 2. The summed E-state index contributed by atoms with van der Waals surface area (Å²) in [5, 5.41) is 4.42. The van der Waals surface area contributed by atoms with Crippen molar-refractivity contribution in [2.45, 2.75) is 20.3 Å². The minimum Gasteiger partial charge on any atom is -0.309 e. The predicted octanol–water partition coefficient (Wildman–Crippen LogP) is 3.09. The maximum Gasteiger partial charge on any atom is 0.259 e. The molecule has 0 aliphatic heterocycles. The smallest absolute Gasteiger partial charge is 0.259 e. The average molecular weight is 393 g/mol. The first-order chi connectivity index (χ1) is 12.4. The van der Waals surface area contributed by atoms with Gasteiger partial charge in [-0.1, -0.05) is 17.7 Å². The number of H-pyrrole nitrogens is 1. The number of hydrazone groups is 1. The molecule has 9 heteroatoms. The molecule has 0 radical (unpaired) electrons. The number of hydrogen-bond acceptors (Lipinski definition) is 5. The molecule has 26 heavy (non-hydrogen) atoms. The van der Waals surface area contributed by atoms with E-state index >= 15 is 0 Å². The Morgan fingerprint density at radius 1 is 1.46 bits per heavy atom. The maximum atomic E-state index is 13.6. The summed E-state index contributed by atoms with van der Waals surface area (Å²) in [6, 6.07) is 4.23. The zero-order valence-corrected chi connectivity index (χ0v) is 15.5. The number of hydrogen-bond donors (Lipinski definition) is 2. The normalized spacial score (nSPS) is 11.4. The second kappa shape index (κ2) is 7.35. The number of rotatable bonds is 4. The summed E-state index contributed by atoms with van der Waals surface area (Å²) in [6.07, 6.45) is 0.963. The lowest BCUT2D eigenvalue weighted by atomic mass is 10.2. The second-order valence-electron chi connectivity index (χ2n) is 5.58. The molecule has 134 valence electrons. The summed E-state index contributed by atoms with van der Waals surface area (Å²) < 4.78 is 13.6. The van der Waals surface area contributed by atoms with E-state index in [0.29, 0.717) is 10.2 Å². The molecule has 0 fully saturated rings. The molecular formula is C17H14ClFN4O2S. The van der Waals surface area contributed by atoms with Crippen molar-refractivity contribution in [1.29, 1.82) is 0 Å². The molecule has 0 spiro atoms. The fourth-order valence-electron chi connectivity index (χ4n) is 2.38. The van der Waals surface area contributed by atoms with Crippen LogP contribution in [0.5, 0.6) is 0 Å². The van der Waals surface area contributed by atoms with Gasteiger partial charge >= 0.3 is 0 Å². The van der Waals surface area contributed by atoms with Gasteiger partial charge in [-0.25, -0.2) is 14.8 Å². The number of aromatic amines is 1. The summed E-state index contributed by atoms with van der Waals surface area (Å²) in [7, 11) is 0. The van der Waals surface area contributed by atoms with Crippen LogP contribution in [0.1, 0.15) is 21.8 Å². The van der Waals surface area contributed by atoms with Crippen LogP contribution in [-0.2, 0) is 11.2 Å². The van der Waals surface area contributed by atoms with Gasteiger partial charge in [-0.05, 0) is 31.5 Å². The summed E-state index contributed by atoms with van der Waals surface area (Å²) >= 11 is 7.27. The zero-order chi connectivity index (χ0) is 18.8. The first-order valence-electron chi connectivity index (χ1n) is 7.61. The van der Waals surface area contributed by atoms with Gasteiger partial charge in [0.05, 0.1) is 23.0 Å². The van der Waals surface area contributed by atoms with Crippen LogP contribution in [0.25, 0.3) is 10.2 Å². The number of aryl methyl sites for hydroxylation is 2. The Kier molecular flexibility index (Phi) is 5.15. The highest BCUT2D eigenvalue weighted by Crippen LogP contribution is 2.25. The zero-order valence-electron chi connectivity index (χ0n) is 13.9. The van der Waals surface area contributed by atoms with E-state index in [0.717, 1.165) is 16.7 Å². The lowest BCUT2D eigenvalue weighted by molar-refractivity contribution is -0.120. The summed E-state index contributed by atoms with van der Waals surface area (Å²) in [6.45, 7) is 3.77. The van der Waals surface area contributed by atoms with Crippen LogP contribution >= 0.6 is 22.9 Å². The second-order valence-corrected chi connectivity index (χ2v) is 7.19. The van der Waals surface area contributed by atoms with Gasteiger partial charge in [0.15, 0.2) is 0 Å². The monoisotopic (exact) mass is 392 g/mol. The van der Waals surface area contributed by atoms with E-state index in [9.17, 15) is 14.0 Å². The van der Waals surface area contributed by atoms with Gasteiger partial charge in [0.2, 0.25) is 5.91 Å². The van der Waals surface area contributed by atoms with Crippen molar-refractivity contribution in [3.05, 3.63) is 61.2 Å². The standard InChI is InChI=1S/C17H14ClFN4O2S/c1-8-9(2)26-17-15(8)16(25)21-13(22-17)6-14(24)23-20-7-10-11(18)4-3-5-12(10)19/h3-5,7H,6H2,1-2H3,(H,23,24)(H,21,22,25)/b20-7-. The Labute approximate surface area is 156 Å². The van der Waals surface area contributed by atoms with E-state index in [2.05, 4.69) is 20.5 Å². The van der Waals surface area contributed by atoms with Crippen molar-refractivity contribution in [1.82, 2.24) is 15.4 Å². The third kappa shape index (κ3) is 3.66. The Bertz CT molecular complexity index is 1070. The molecule has 1 aromatic carbocycles. The molecular weight excluding hydrogens is 379 g/mol. The van der Waals surface area contributed by atoms with E-state index in [1.165, 1.54) is 29.5 Å². The molecule has 3 rings (SSSR count). The third-order valence-electron chi connectivity index (χ3n) is 3.80. The van der Waals surface area contributed by atoms with Crippen LogP contribution < -0.4 is 11.0 Å². The third-order valence-corrected chi connectivity index (χ3v) is 5.23. The number of thiophene rings is 1. The molecule has 0 saturated carbocycles. The summed E-state index contributed by atoms with van der Waals surface area (Å²) in [5.41, 5.74) is 2.95. The minimum absolute atomic E-state index is 0.0759. The Balaban J connectivity index is 1.73. The van der Waals surface area contributed by atoms with Gasteiger partial charge in [0.1, 0.15) is 16.5 Å². The highest BCUT2D eigenvalue weighted by Gasteiger charge is 2.13. The number of carbonyl (C=O) groups is 1. The van der Waals surface area contributed by atoms with E-state index in [1.807, 2.05) is 13.8 Å². The van der Waals surface area contributed by atoms with Crippen LogP contribution in [0.15, 0.2) is 28.1 Å². The number of fused-ring (bicyclic) bond motifs is 1. The topological polar surface area (TPSA) is 87.2 Å². The molecule has 0 atom stereocenters. The number of nitrogens with one attached hydrogen (secondary N) is 2. The summed E-state index contributed by atoms with van der Waals surface area (Å²) in [5.74, 6) is -0.808. The van der Waals surface area contributed by atoms with Gasteiger partial charge in [-0.2, -0.15) is 5.10 Å². The molecule has 0 saturated heterocycles. The Hall–Kier alpha value is -2.58. The van der Waals surface area contributed by atoms with Crippen molar-refractivity contribution in [3.63, 3.8) is 0 Å². The molecule has 0 aliphatic carbocycles. The number of benzene rings is 1. The fourth-order valence-corrected chi connectivity index (χ4v) is 3.64. The first kappa shape index (κ1) is 18.2. The van der Waals surface area contributed by atoms with Gasteiger partial charge in [0, 0.05) is 10.4 Å². The number of aromatic nitrogens is 2. The van der Waals surface area contributed by atoms with Crippen LogP contribution in [0.4, 0.5) is 4.39 Å². The van der Waals surface area contributed by atoms with E-state index in [1.54, 1.807) is 0 Å². The molecule has 3 aromatic rings. The SMILES string of the molecule is Cc1sc2nc(CC(=O)N/N=C\c3c(F)cccc3Cl)[nH]c(=O)c2c1C. The van der Waals surface area contributed by atoms with E-state index in [-0.39, 0.29) is 28.4 Å². The molecule has 0 unspecified atom stereocenters. The van der Waals surface area contributed by atoms with Gasteiger partial charge in [0.25, 0.3) is 5.56 Å².